The molecule has 0 fully saturated rings. The van der Waals surface area contributed by atoms with Crippen LogP contribution in [-0.2, 0) is 14.9 Å². The van der Waals surface area contributed by atoms with Crippen molar-refractivity contribution in [1.82, 2.24) is 10.9 Å². The number of ether oxygens (including phenoxy) is 1. The molecule has 10 nitrogen and oxygen atoms in total. The molecule has 0 atom stereocenters. The van der Waals surface area contributed by atoms with E-state index in [9.17, 15) is 19.3 Å². The minimum absolute atomic E-state index is 0.0152. The van der Waals surface area contributed by atoms with Crippen molar-refractivity contribution >= 4 is 34.9 Å². The summed E-state index contributed by atoms with van der Waals surface area (Å²) >= 11 is 0. The number of esters is 1. The monoisotopic (exact) mass is 477 g/mol. The number of allylic oxidation sites excluding steroid dienone is 1. The minimum atomic E-state index is -0.739. The lowest BCUT2D eigenvalue weighted by atomic mass is 9.87. The van der Waals surface area contributed by atoms with E-state index in [-0.39, 0.29) is 28.1 Å². The lowest BCUT2D eigenvalue weighted by Gasteiger charge is -2.20. The fourth-order valence-corrected chi connectivity index (χ4v) is 3.53. The van der Waals surface area contributed by atoms with Crippen LogP contribution in [0.3, 0.4) is 0 Å². The molecule has 1 aliphatic rings. The van der Waals surface area contributed by atoms with Crippen LogP contribution in [0.4, 0.5) is 11.4 Å². The molecule has 1 aliphatic heterocycles. The predicted molar refractivity (Wildman–Crippen MR) is 132 cm³/mol. The predicted octanol–water partition coefficient (Wildman–Crippen LogP) is 4.10. The number of carbonyl (C=O) groups excluding carboxylic acids is 3. The van der Waals surface area contributed by atoms with Crippen molar-refractivity contribution in [2.45, 2.75) is 40.0 Å². The Morgan fingerprint density at radius 2 is 1.71 bits per heavy atom. The van der Waals surface area contributed by atoms with Crippen LogP contribution in [-0.4, -0.2) is 30.6 Å². The smallest absolute Gasteiger partial charge is 0.340 e. The third-order valence-electron chi connectivity index (χ3n) is 5.50. The Balaban J connectivity index is 1.75. The highest BCUT2D eigenvalue weighted by atomic mass is 16.5. The quantitative estimate of drug-likeness (QED) is 0.279. The SMILES string of the molecule is COC(=O)c1ccc(C(=O)NN/C(C)=C2\C(=O)N(c3ccc(C(C)(C)C)cc3)N=C2C)cc1N=O. The molecular formula is C25H27N5O5. The van der Waals surface area contributed by atoms with Gasteiger partial charge in [-0.25, -0.2) is 4.79 Å². The number of hydrogen-bond acceptors (Lipinski definition) is 8. The second-order valence-corrected chi connectivity index (χ2v) is 8.99. The summed E-state index contributed by atoms with van der Waals surface area (Å²) in [6.45, 7) is 9.67. The summed E-state index contributed by atoms with van der Waals surface area (Å²) in [5.41, 5.74) is 7.96. The van der Waals surface area contributed by atoms with Gasteiger partial charge in [-0.2, -0.15) is 10.1 Å². The molecule has 3 rings (SSSR count). The number of hydrogen-bond donors (Lipinski definition) is 2. The van der Waals surface area contributed by atoms with Crippen molar-refractivity contribution in [1.29, 1.82) is 0 Å². The number of anilines is 1. The van der Waals surface area contributed by atoms with Gasteiger partial charge in [0, 0.05) is 11.3 Å². The maximum absolute atomic E-state index is 13.1. The van der Waals surface area contributed by atoms with E-state index in [0.29, 0.717) is 22.7 Å². The fourth-order valence-electron chi connectivity index (χ4n) is 3.53. The number of amides is 2. The van der Waals surface area contributed by atoms with E-state index in [1.54, 1.807) is 13.8 Å². The maximum Gasteiger partial charge on any atom is 0.340 e. The topological polar surface area (TPSA) is 130 Å². The van der Waals surface area contributed by atoms with Gasteiger partial charge in [0.15, 0.2) is 0 Å². The fraction of sp³-hybridized carbons (Fsp3) is 0.280. The van der Waals surface area contributed by atoms with Crippen molar-refractivity contribution < 1.29 is 19.1 Å². The number of hydrazone groups is 1. The molecule has 2 aromatic carbocycles. The number of hydrazine groups is 1. The first-order valence-electron chi connectivity index (χ1n) is 10.8. The summed E-state index contributed by atoms with van der Waals surface area (Å²) in [6, 6.07) is 11.4. The molecule has 0 unspecified atom stereocenters. The van der Waals surface area contributed by atoms with E-state index in [4.69, 9.17) is 0 Å². The lowest BCUT2D eigenvalue weighted by Crippen LogP contribution is -2.37. The van der Waals surface area contributed by atoms with E-state index in [0.717, 1.165) is 5.56 Å². The van der Waals surface area contributed by atoms with E-state index < -0.39 is 11.9 Å². The van der Waals surface area contributed by atoms with Crippen LogP contribution < -0.4 is 15.9 Å². The number of carbonyl (C=O) groups is 3. The molecule has 0 bridgehead atoms. The largest absolute Gasteiger partial charge is 0.465 e. The zero-order valence-electron chi connectivity index (χ0n) is 20.4. The number of nitrogens with zero attached hydrogens (tertiary/aromatic N) is 3. The molecule has 0 aliphatic carbocycles. The van der Waals surface area contributed by atoms with Gasteiger partial charge in [0.25, 0.3) is 11.8 Å². The molecule has 0 aromatic heterocycles. The van der Waals surface area contributed by atoms with Gasteiger partial charge in [-0.15, -0.1) is 4.91 Å². The standard InChI is InChI=1S/C25H27N5O5/c1-14(26-27-22(31)16-7-12-19(24(33)35-6)20(13-16)29-34)21-15(2)28-30(23(21)32)18-10-8-17(9-11-18)25(3,4)5/h7-13,26H,1-6H3,(H,27,31)/b21-14-. The van der Waals surface area contributed by atoms with Crippen LogP contribution in [0.15, 0.2) is 64.0 Å². The van der Waals surface area contributed by atoms with Gasteiger partial charge in [0.05, 0.1) is 29.6 Å². The molecule has 0 spiro atoms. The Hall–Kier alpha value is -4.34. The molecule has 35 heavy (non-hydrogen) atoms. The number of rotatable bonds is 6. The van der Waals surface area contributed by atoms with Crippen molar-refractivity contribution in [3.05, 3.63) is 75.3 Å². The number of benzene rings is 2. The van der Waals surface area contributed by atoms with E-state index in [1.165, 1.54) is 30.3 Å². The van der Waals surface area contributed by atoms with Crippen LogP contribution in [0.1, 0.15) is 60.9 Å². The summed E-state index contributed by atoms with van der Waals surface area (Å²) in [5.74, 6) is -1.67. The summed E-state index contributed by atoms with van der Waals surface area (Å²) in [4.78, 5) is 48.4. The number of methoxy groups -OCH3 is 1. The van der Waals surface area contributed by atoms with Crippen LogP contribution in [0.2, 0.25) is 0 Å². The molecule has 0 saturated carbocycles. The second-order valence-electron chi connectivity index (χ2n) is 8.99. The molecule has 2 aromatic rings. The van der Waals surface area contributed by atoms with Gasteiger partial charge in [0.2, 0.25) is 0 Å². The first-order valence-corrected chi connectivity index (χ1v) is 10.8. The Kier molecular flexibility index (Phi) is 7.14. The zero-order valence-corrected chi connectivity index (χ0v) is 20.4. The van der Waals surface area contributed by atoms with Gasteiger partial charge in [-0.1, -0.05) is 32.9 Å². The normalized spacial score (nSPS) is 14.9. The van der Waals surface area contributed by atoms with Crippen molar-refractivity contribution in [3.8, 4) is 0 Å². The highest BCUT2D eigenvalue weighted by Gasteiger charge is 2.31. The van der Waals surface area contributed by atoms with Gasteiger partial charge in [0.1, 0.15) is 5.69 Å². The summed E-state index contributed by atoms with van der Waals surface area (Å²) < 4.78 is 4.59. The Labute approximate surface area is 203 Å². The number of nitroso groups, excluding NO2 is 1. The van der Waals surface area contributed by atoms with Crippen LogP contribution in [0.25, 0.3) is 0 Å². The molecule has 2 N–H and O–H groups in total. The van der Waals surface area contributed by atoms with Gasteiger partial charge >= 0.3 is 5.97 Å². The Morgan fingerprint density at radius 1 is 1.06 bits per heavy atom. The summed E-state index contributed by atoms with van der Waals surface area (Å²) in [5, 5.41) is 8.48. The van der Waals surface area contributed by atoms with Crippen molar-refractivity contribution in [2.75, 3.05) is 12.1 Å². The maximum atomic E-state index is 13.1. The molecule has 2 amide bonds. The molecule has 1 heterocycles. The number of nitrogens with one attached hydrogen (secondary N) is 2. The van der Waals surface area contributed by atoms with Crippen molar-refractivity contribution in [3.63, 3.8) is 0 Å². The Morgan fingerprint density at radius 3 is 2.29 bits per heavy atom. The Bertz CT molecular complexity index is 1260. The minimum Gasteiger partial charge on any atom is -0.465 e. The van der Waals surface area contributed by atoms with E-state index in [2.05, 4.69) is 46.6 Å². The first-order chi connectivity index (χ1) is 16.5. The van der Waals surface area contributed by atoms with Crippen LogP contribution >= 0.6 is 0 Å². The average molecular weight is 478 g/mol. The van der Waals surface area contributed by atoms with E-state index in [1.807, 2.05) is 24.3 Å². The molecule has 0 saturated heterocycles. The molecular weight excluding hydrogens is 450 g/mol. The second kappa shape index (κ2) is 9.88. The third kappa shape index (κ3) is 5.26. The third-order valence-corrected chi connectivity index (χ3v) is 5.50. The summed E-state index contributed by atoms with van der Waals surface area (Å²) in [7, 11) is 1.18. The van der Waals surface area contributed by atoms with Gasteiger partial charge in [-0.3, -0.25) is 15.0 Å². The van der Waals surface area contributed by atoms with E-state index >= 15 is 0 Å². The van der Waals surface area contributed by atoms with Crippen molar-refractivity contribution in [2.24, 2.45) is 10.3 Å². The van der Waals surface area contributed by atoms with Crippen LogP contribution in [0.5, 0.6) is 0 Å². The zero-order chi connectivity index (χ0) is 25.9. The molecule has 0 radical (unpaired) electrons. The van der Waals surface area contributed by atoms with Gasteiger partial charge < -0.3 is 10.2 Å². The molecule has 10 heteroatoms. The highest BCUT2D eigenvalue weighted by molar-refractivity contribution is 6.30. The molecule has 182 valence electrons. The summed E-state index contributed by atoms with van der Waals surface area (Å²) in [6.07, 6.45) is 0. The van der Waals surface area contributed by atoms with Crippen LogP contribution in [0, 0.1) is 4.91 Å². The first kappa shape index (κ1) is 25.3. The lowest BCUT2D eigenvalue weighted by molar-refractivity contribution is -0.114. The average Bonchev–Trinajstić information content (AvgIpc) is 3.14. The highest BCUT2D eigenvalue weighted by Crippen LogP contribution is 2.28. The van der Waals surface area contributed by atoms with Gasteiger partial charge in [-0.05, 0) is 60.3 Å².